The second-order valence-corrected chi connectivity index (χ2v) is 4.57. The van der Waals surface area contributed by atoms with Gasteiger partial charge in [-0.2, -0.15) is 0 Å². The molecule has 0 radical (unpaired) electrons. The molecule has 1 nitrogen and oxygen atoms in total. The summed E-state index contributed by atoms with van der Waals surface area (Å²) >= 11 is 0. The number of hydrogen-bond acceptors (Lipinski definition) is 1. The van der Waals surface area contributed by atoms with E-state index < -0.39 is 0 Å². The summed E-state index contributed by atoms with van der Waals surface area (Å²) in [5.41, 5.74) is 3.16. The Morgan fingerprint density at radius 3 is 3.29 bits per heavy atom. The summed E-state index contributed by atoms with van der Waals surface area (Å²) in [4.78, 5) is 2.60. The third kappa shape index (κ3) is 1.31. The van der Waals surface area contributed by atoms with Crippen molar-refractivity contribution < 1.29 is 0 Å². The van der Waals surface area contributed by atoms with Crippen LogP contribution in [0.15, 0.2) is 35.6 Å². The molecule has 2 aliphatic heterocycles. The maximum Gasteiger partial charge on any atom is 0.0246 e. The fraction of sp³-hybridized carbons (Fsp3) is 0.538. The molecule has 74 valence electrons. The van der Waals surface area contributed by atoms with Gasteiger partial charge < -0.3 is 4.90 Å². The minimum Gasteiger partial charge on any atom is -0.374 e. The molecule has 0 aromatic carbocycles. The summed E-state index contributed by atoms with van der Waals surface area (Å²) in [5.74, 6) is 0.779. The van der Waals surface area contributed by atoms with Crippen LogP contribution in [0.25, 0.3) is 0 Å². The van der Waals surface area contributed by atoms with E-state index in [9.17, 15) is 0 Å². The average molecular weight is 187 g/mol. The molecule has 0 bridgehead atoms. The van der Waals surface area contributed by atoms with Crippen LogP contribution in [0.2, 0.25) is 0 Å². The van der Waals surface area contributed by atoms with Gasteiger partial charge in [0.05, 0.1) is 0 Å². The van der Waals surface area contributed by atoms with Crippen LogP contribution in [-0.2, 0) is 0 Å². The van der Waals surface area contributed by atoms with E-state index in [1.165, 1.54) is 38.8 Å². The van der Waals surface area contributed by atoms with Gasteiger partial charge in [0.15, 0.2) is 0 Å². The van der Waals surface area contributed by atoms with Gasteiger partial charge in [0.1, 0.15) is 0 Å². The molecule has 1 aliphatic carbocycles. The monoisotopic (exact) mass is 187 g/mol. The van der Waals surface area contributed by atoms with Crippen molar-refractivity contribution in [3.05, 3.63) is 35.6 Å². The first-order chi connectivity index (χ1) is 6.93. The van der Waals surface area contributed by atoms with Gasteiger partial charge in [0, 0.05) is 24.7 Å². The molecule has 0 spiro atoms. The number of piperidine rings is 1. The van der Waals surface area contributed by atoms with E-state index in [4.69, 9.17) is 0 Å². The Labute approximate surface area is 85.8 Å². The Morgan fingerprint density at radius 1 is 1.29 bits per heavy atom. The third-order valence-electron chi connectivity index (χ3n) is 3.61. The second-order valence-electron chi connectivity index (χ2n) is 4.57. The number of rotatable bonds is 0. The Hall–Kier alpha value is -0.980. The van der Waals surface area contributed by atoms with Gasteiger partial charge in [-0.15, -0.1) is 0 Å². The van der Waals surface area contributed by atoms with Crippen LogP contribution in [-0.4, -0.2) is 18.0 Å². The molecule has 2 heterocycles. The lowest BCUT2D eigenvalue weighted by molar-refractivity contribution is 0.249. The van der Waals surface area contributed by atoms with Crippen LogP contribution >= 0.6 is 0 Å². The van der Waals surface area contributed by atoms with E-state index in [1.54, 1.807) is 11.3 Å². The summed E-state index contributed by atoms with van der Waals surface area (Å²) in [6.45, 7) is 2.56. The summed E-state index contributed by atoms with van der Waals surface area (Å²) in [6.07, 6.45) is 14.6. The van der Waals surface area contributed by atoms with Crippen molar-refractivity contribution in [2.24, 2.45) is 5.92 Å². The SMILES string of the molecule is C1=CCC2CN3CCCCC3=CC2=C1. The molecule has 0 saturated carbocycles. The largest absolute Gasteiger partial charge is 0.374 e. The van der Waals surface area contributed by atoms with Crippen molar-refractivity contribution in [3.8, 4) is 0 Å². The van der Waals surface area contributed by atoms with Crippen LogP contribution in [0.1, 0.15) is 25.7 Å². The van der Waals surface area contributed by atoms with E-state index >= 15 is 0 Å². The fourth-order valence-corrected chi connectivity index (χ4v) is 2.78. The van der Waals surface area contributed by atoms with Gasteiger partial charge in [-0.1, -0.05) is 18.2 Å². The average Bonchev–Trinajstić information content (AvgIpc) is 2.26. The lowest BCUT2D eigenvalue weighted by atomic mass is 9.85. The van der Waals surface area contributed by atoms with Gasteiger partial charge in [0.2, 0.25) is 0 Å². The van der Waals surface area contributed by atoms with Crippen molar-refractivity contribution >= 4 is 0 Å². The minimum atomic E-state index is 0.779. The maximum atomic E-state index is 2.60. The smallest absolute Gasteiger partial charge is 0.0246 e. The summed E-state index contributed by atoms with van der Waals surface area (Å²) in [7, 11) is 0. The Kier molecular flexibility index (Phi) is 1.97. The first-order valence-corrected chi connectivity index (χ1v) is 5.76. The topological polar surface area (TPSA) is 3.24 Å². The normalized spacial score (nSPS) is 30.3. The molecule has 3 rings (SSSR count). The molecule has 1 atom stereocenters. The summed E-state index contributed by atoms with van der Waals surface area (Å²) in [6, 6.07) is 0. The van der Waals surface area contributed by atoms with E-state index in [0.29, 0.717) is 0 Å². The van der Waals surface area contributed by atoms with Crippen LogP contribution < -0.4 is 0 Å². The number of nitrogens with zero attached hydrogens (tertiary/aromatic N) is 1. The van der Waals surface area contributed by atoms with Gasteiger partial charge in [-0.25, -0.2) is 0 Å². The van der Waals surface area contributed by atoms with E-state index in [-0.39, 0.29) is 0 Å². The van der Waals surface area contributed by atoms with Crippen molar-refractivity contribution in [1.82, 2.24) is 4.90 Å². The van der Waals surface area contributed by atoms with Gasteiger partial charge in [-0.05, 0) is 37.3 Å². The lowest BCUT2D eigenvalue weighted by Gasteiger charge is -2.39. The van der Waals surface area contributed by atoms with Crippen LogP contribution in [0, 0.1) is 5.92 Å². The molecule has 0 N–H and O–H groups in total. The Balaban J connectivity index is 1.92. The predicted octanol–water partition coefficient (Wildman–Crippen LogP) is 2.87. The first-order valence-electron chi connectivity index (χ1n) is 5.76. The molecule has 0 amide bonds. The van der Waals surface area contributed by atoms with Gasteiger partial charge >= 0.3 is 0 Å². The molecule has 1 heteroatoms. The quantitative estimate of drug-likeness (QED) is 0.563. The molecular weight excluding hydrogens is 170 g/mol. The molecule has 1 fully saturated rings. The number of fused-ring (bicyclic) bond motifs is 2. The van der Waals surface area contributed by atoms with Crippen molar-refractivity contribution in [2.45, 2.75) is 25.7 Å². The zero-order valence-electron chi connectivity index (χ0n) is 8.58. The Morgan fingerprint density at radius 2 is 2.29 bits per heavy atom. The van der Waals surface area contributed by atoms with E-state index in [1.807, 2.05) is 0 Å². The highest BCUT2D eigenvalue weighted by molar-refractivity contribution is 5.35. The van der Waals surface area contributed by atoms with E-state index in [0.717, 1.165) is 5.92 Å². The highest BCUT2D eigenvalue weighted by Gasteiger charge is 2.26. The summed E-state index contributed by atoms with van der Waals surface area (Å²) < 4.78 is 0. The minimum absolute atomic E-state index is 0.779. The second kappa shape index (κ2) is 3.30. The van der Waals surface area contributed by atoms with Crippen LogP contribution in [0.3, 0.4) is 0 Å². The molecule has 0 aromatic heterocycles. The molecule has 0 aromatic rings. The highest BCUT2D eigenvalue weighted by Crippen LogP contribution is 2.33. The van der Waals surface area contributed by atoms with Gasteiger partial charge in [-0.3, -0.25) is 0 Å². The summed E-state index contributed by atoms with van der Waals surface area (Å²) in [5, 5.41) is 0. The molecule has 1 unspecified atom stereocenters. The predicted molar refractivity (Wildman–Crippen MR) is 58.8 cm³/mol. The van der Waals surface area contributed by atoms with E-state index in [2.05, 4.69) is 29.2 Å². The number of allylic oxidation sites excluding steroid dienone is 5. The van der Waals surface area contributed by atoms with Crippen molar-refractivity contribution in [1.29, 1.82) is 0 Å². The fourth-order valence-electron chi connectivity index (χ4n) is 2.78. The van der Waals surface area contributed by atoms with Crippen LogP contribution in [0.4, 0.5) is 0 Å². The van der Waals surface area contributed by atoms with Crippen molar-refractivity contribution in [2.75, 3.05) is 13.1 Å². The first kappa shape index (κ1) is 8.34. The lowest BCUT2D eigenvalue weighted by Crippen LogP contribution is -2.36. The molecular formula is C13H17N. The van der Waals surface area contributed by atoms with Gasteiger partial charge in [0.25, 0.3) is 0 Å². The zero-order valence-corrected chi connectivity index (χ0v) is 8.58. The maximum absolute atomic E-state index is 2.60. The highest BCUT2D eigenvalue weighted by atomic mass is 15.1. The molecule has 3 aliphatic rings. The molecule has 1 saturated heterocycles. The standard InChI is InChI=1S/C13H17N/c1-2-6-12-10-14-8-4-3-7-13(14)9-11(12)5-1/h1-2,5,9,12H,3-4,6-8,10H2. The molecule has 14 heavy (non-hydrogen) atoms. The third-order valence-corrected chi connectivity index (χ3v) is 3.61. The zero-order chi connectivity index (χ0) is 9.38. The number of hydrogen-bond donors (Lipinski definition) is 0. The van der Waals surface area contributed by atoms with Crippen molar-refractivity contribution in [3.63, 3.8) is 0 Å². The Bertz CT molecular complexity index is 322. The van der Waals surface area contributed by atoms with Crippen LogP contribution in [0.5, 0.6) is 0 Å².